The molecule has 2 heterocycles. The Bertz CT molecular complexity index is 369. The van der Waals surface area contributed by atoms with E-state index < -0.39 is 0 Å². The van der Waals surface area contributed by atoms with E-state index in [1.54, 1.807) is 18.5 Å². The number of nitrogens with two attached hydrogens (primary N) is 1. The summed E-state index contributed by atoms with van der Waals surface area (Å²) in [6.45, 7) is 1.90. The van der Waals surface area contributed by atoms with Gasteiger partial charge in [0, 0.05) is 25.0 Å². The minimum Gasteiger partial charge on any atom is -0.329 e. The maximum Gasteiger partial charge on any atom is 0.240 e. The fourth-order valence-electron chi connectivity index (χ4n) is 2.08. The Labute approximate surface area is 100 Å². The second kappa shape index (κ2) is 5.70. The SMILES string of the molecule is NCC1CCCN1CC(=O)Nc1ncccn1. The van der Waals surface area contributed by atoms with Gasteiger partial charge in [0.15, 0.2) is 0 Å². The average Bonchev–Trinajstić information content (AvgIpc) is 2.77. The Morgan fingerprint density at radius 2 is 2.29 bits per heavy atom. The normalized spacial score (nSPS) is 20.4. The van der Waals surface area contributed by atoms with Gasteiger partial charge in [-0.3, -0.25) is 15.0 Å². The molecule has 1 fully saturated rings. The Morgan fingerprint density at radius 1 is 1.53 bits per heavy atom. The van der Waals surface area contributed by atoms with Crippen molar-refractivity contribution >= 4 is 11.9 Å². The molecule has 3 N–H and O–H groups in total. The first-order valence-corrected chi connectivity index (χ1v) is 5.80. The van der Waals surface area contributed by atoms with Crippen LogP contribution < -0.4 is 11.1 Å². The van der Waals surface area contributed by atoms with Crippen LogP contribution in [-0.4, -0.2) is 46.5 Å². The predicted octanol–water partition coefficient (Wildman–Crippen LogP) is -0.162. The van der Waals surface area contributed by atoms with E-state index in [1.807, 2.05) is 0 Å². The summed E-state index contributed by atoms with van der Waals surface area (Å²) in [5.74, 6) is 0.262. The minimum absolute atomic E-state index is 0.0865. The van der Waals surface area contributed by atoms with E-state index in [1.165, 1.54) is 0 Å². The van der Waals surface area contributed by atoms with E-state index in [-0.39, 0.29) is 5.91 Å². The van der Waals surface area contributed by atoms with Gasteiger partial charge in [0.1, 0.15) is 0 Å². The molecule has 1 atom stereocenters. The lowest BCUT2D eigenvalue weighted by Gasteiger charge is -2.21. The topological polar surface area (TPSA) is 84.1 Å². The summed E-state index contributed by atoms with van der Waals surface area (Å²) in [5, 5.41) is 2.67. The molecule has 6 nitrogen and oxygen atoms in total. The van der Waals surface area contributed by atoms with Crippen molar-refractivity contribution in [3.8, 4) is 0 Å². The van der Waals surface area contributed by atoms with Crippen molar-refractivity contribution in [1.82, 2.24) is 14.9 Å². The lowest BCUT2D eigenvalue weighted by molar-refractivity contribution is -0.117. The molecule has 2 rings (SSSR count). The van der Waals surface area contributed by atoms with E-state index in [0.29, 0.717) is 25.1 Å². The molecule has 0 aromatic carbocycles. The molecular weight excluding hydrogens is 218 g/mol. The number of rotatable bonds is 4. The zero-order valence-electron chi connectivity index (χ0n) is 9.67. The first-order valence-electron chi connectivity index (χ1n) is 5.80. The Balaban J connectivity index is 1.85. The molecule has 0 bridgehead atoms. The smallest absolute Gasteiger partial charge is 0.240 e. The monoisotopic (exact) mass is 235 g/mol. The highest BCUT2D eigenvalue weighted by molar-refractivity contribution is 5.90. The minimum atomic E-state index is -0.0865. The van der Waals surface area contributed by atoms with Crippen LogP contribution in [0, 0.1) is 0 Å². The molecule has 1 unspecified atom stereocenters. The molecule has 1 saturated heterocycles. The van der Waals surface area contributed by atoms with Crippen LogP contribution in [0.25, 0.3) is 0 Å². The van der Waals surface area contributed by atoms with E-state index in [2.05, 4.69) is 20.2 Å². The quantitative estimate of drug-likeness (QED) is 0.757. The van der Waals surface area contributed by atoms with Crippen molar-refractivity contribution in [3.63, 3.8) is 0 Å². The van der Waals surface area contributed by atoms with E-state index in [4.69, 9.17) is 5.73 Å². The van der Waals surface area contributed by atoms with Gasteiger partial charge < -0.3 is 5.73 Å². The Morgan fingerprint density at radius 3 is 3.00 bits per heavy atom. The molecule has 6 heteroatoms. The van der Waals surface area contributed by atoms with Crippen molar-refractivity contribution in [2.24, 2.45) is 5.73 Å². The summed E-state index contributed by atoms with van der Waals surface area (Å²) in [7, 11) is 0. The van der Waals surface area contributed by atoms with Gasteiger partial charge in [-0.15, -0.1) is 0 Å². The largest absolute Gasteiger partial charge is 0.329 e. The van der Waals surface area contributed by atoms with Crippen LogP contribution in [0.15, 0.2) is 18.5 Å². The molecule has 1 aliphatic rings. The number of aromatic nitrogens is 2. The Hall–Kier alpha value is -1.53. The summed E-state index contributed by atoms with van der Waals surface area (Å²) in [4.78, 5) is 21.8. The molecule has 0 radical (unpaired) electrons. The molecule has 1 aliphatic heterocycles. The number of carbonyl (C=O) groups excluding carboxylic acids is 1. The number of nitrogens with one attached hydrogen (secondary N) is 1. The molecule has 1 amide bonds. The lowest BCUT2D eigenvalue weighted by Crippen LogP contribution is -2.40. The second-order valence-electron chi connectivity index (χ2n) is 4.12. The van der Waals surface area contributed by atoms with Gasteiger partial charge in [-0.05, 0) is 25.5 Å². The fourth-order valence-corrected chi connectivity index (χ4v) is 2.08. The standard InChI is InChI=1S/C11H17N5O/c12-7-9-3-1-6-16(9)8-10(17)15-11-13-4-2-5-14-11/h2,4-5,9H,1,3,6-8,12H2,(H,13,14,15,17). The summed E-state index contributed by atoms with van der Waals surface area (Å²) in [5.41, 5.74) is 5.65. The van der Waals surface area contributed by atoms with E-state index in [0.717, 1.165) is 19.4 Å². The summed E-state index contributed by atoms with van der Waals surface area (Å²) in [6.07, 6.45) is 5.38. The number of likely N-dealkylation sites (tertiary alicyclic amines) is 1. The lowest BCUT2D eigenvalue weighted by atomic mass is 10.2. The van der Waals surface area contributed by atoms with Crippen molar-refractivity contribution in [2.45, 2.75) is 18.9 Å². The summed E-state index contributed by atoms with van der Waals surface area (Å²) < 4.78 is 0. The first-order chi connectivity index (χ1) is 8.29. The van der Waals surface area contributed by atoms with Crippen LogP contribution in [-0.2, 0) is 4.79 Å². The van der Waals surface area contributed by atoms with E-state index >= 15 is 0 Å². The van der Waals surface area contributed by atoms with Crippen LogP contribution in [0.1, 0.15) is 12.8 Å². The molecule has 0 spiro atoms. The van der Waals surface area contributed by atoms with Crippen molar-refractivity contribution in [3.05, 3.63) is 18.5 Å². The van der Waals surface area contributed by atoms with Gasteiger partial charge in [0.25, 0.3) is 0 Å². The molecule has 0 aliphatic carbocycles. The number of hydrogen-bond donors (Lipinski definition) is 2. The zero-order valence-corrected chi connectivity index (χ0v) is 9.67. The van der Waals surface area contributed by atoms with Crippen LogP contribution >= 0.6 is 0 Å². The average molecular weight is 235 g/mol. The van der Waals surface area contributed by atoms with Crippen LogP contribution in [0.3, 0.4) is 0 Å². The summed E-state index contributed by atoms with van der Waals surface area (Å²) >= 11 is 0. The fraction of sp³-hybridized carbons (Fsp3) is 0.545. The Kier molecular flexibility index (Phi) is 4.00. The van der Waals surface area contributed by atoms with Gasteiger partial charge >= 0.3 is 0 Å². The van der Waals surface area contributed by atoms with Gasteiger partial charge in [-0.2, -0.15) is 0 Å². The molecule has 1 aromatic rings. The van der Waals surface area contributed by atoms with Crippen molar-refractivity contribution < 1.29 is 4.79 Å². The predicted molar refractivity (Wildman–Crippen MR) is 64.3 cm³/mol. The van der Waals surface area contributed by atoms with Crippen molar-refractivity contribution in [2.75, 3.05) is 25.0 Å². The van der Waals surface area contributed by atoms with Gasteiger partial charge in [0.2, 0.25) is 11.9 Å². The third-order valence-electron chi connectivity index (χ3n) is 2.93. The van der Waals surface area contributed by atoms with Gasteiger partial charge in [0.05, 0.1) is 6.54 Å². The highest BCUT2D eigenvalue weighted by Gasteiger charge is 2.24. The highest BCUT2D eigenvalue weighted by Crippen LogP contribution is 2.15. The molecule has 92 valence electrons. The third-order valence-corrected chi connectivity index (χ3v) is 2.93. The van der Waals surface area contributed by atoms with Gasteiger partial charge in [-0.1, -0.05) is 0 Å². The van der Waals surface area contributed by atoms with Crippen molar-refractivity contribution in [1.29, 1.82) is 0 Å². The molecule has 0 saturated carbocycles. The number of amides is 1. The number of hydrogen-bond acceptors (Lipinski definition) is 5. The number of anilines is 1. The summed E-state index contributed by atoms with van der Waals surface area (Å²) in [6, 6.07) is 2.04. The maximum absolute atomic E-state index is 11.8. The zero-order chi connectivity index (χ0) is 12.1. The van der Waals surface area contributed by atoms with Crippen LogP contribution in [0.4, 0.5) is 5.95 Å². The number of nitrogens with zero attached hydrogens (tertiary/aromatic N) is 3. The van der Waals surface area contributed by atoms with Gasteiger partial charge in [-0.25, -0.2) is 9.97 Å². The highest BCUT2D eigenvalue weighted by atomic mass is 16.2. The van der Waals surface area contributed by atoms with E-state index in [9.17, 15) is 4.79 Å². The number of carbonyl (C=O) groups is 1. The second-order valence-corrected chi connectivity index (χ2v) is 4.12. The maximum atomic E-state index is 11.8. The molecule has 1 aromatic heterocycles. The third kappa shape index (κ3) is 3.21. The first kappa shape index (κ1) is 11.9. The van der Waals surface area contributed by atoms with Crippen LogP contribution in [0.5, 0.6) is 0 Å². The molecular formula is C11H17N5O. The molecule has 17 heavy (non-hydrogen) atoms. The van der Waals surface area contributed by atoms with Crippen LogP contribution in [0.2, 0.25) is 0 Å².